The molecule has 1 aliphatic rings. The molecule has 0 saturated carbocycles. The van der Waals surface area contributed by atoms with Crippen LogP contribution in [0, 0.1) is 11.3 Å². The van der Waals surface area contributed by atoms with Gasteiger partial charge in [0.1, 0.15) is 11.6 Å². The Balaban J connectivity index is 1.88. The standard InChI is InChI=1S/C25H12F3N3O3/c26-25(27,28)19-12-20(14-6-2-1-3-7-14)30(24(34)18(19)13-29)31-22(32)16-10-4-8-15-9-5-11-17(21(15)16)23(31)33/h1-12H. The first-order valence-electron chi connectivity index (χ1n) is 9.97. The van der Waals surface area contributed by atoms with Gasteiger partial charge in [0, 0.05) is 10.9 Å². The van der Waals surface area contributed by atoms with Crippen molar-refractivity contribution in [2.24, 2.45) is 0 Å². The van der Waals surface area contributed by atoms with Crippen molar-refractivity contribution in [3.8, 4) is 17.3 Å². The number of halogens is 3. The number of carbonyl (C=O) groups is 2. The van der Waals surface area contributed by atoms with Crippen LogP contribution in [0.4, 0.5) is 13.2 Å². The minimum absolute atomic E-state index is 0.108. The number of rotatable bonds is 2. The summed E-state index contributed by atoms with van der Waals surface area (Å²) in [7, 11) is 0. The summed E-state index contributed by atoms with van der Waals surface area (Å²) in [5, 5.41) is 10.9. The number of nitrogens with zero attached hydrogens (tertiary/aromatic N) is 3. The molecule has 0 atom stereocenters. The topological polar surface area (TPSA) is 83.2 Å². The Labute approximate surface area is 189 Å². The second kappa shape index (κ2) is 7.42. The predicted octanol–water partition coefficient (Wildman–Crippen LogP) is 4.49. The van der Waals surface area contributed by atoms with Gasteiger partial charge in [-0.2, -0.15) is 23.4 Å². The molecule has 0 fully saturated rings. The van der Waals surface area contributed by atoms with Crippen LogP contribution in [0.2, 0.25) is 0 Å². The van der Waals surface area contributed by atoms with Crippen molar-refractivity contribution in [2.75, 3.05) is 5.01 Å². The fourth-order valence-corrected chi connectivity index (χ4v) is 4.14. The number of amides is 2. The molecule has 4 aromatic rings. The molecule has 0 unspecified atom stereocenters. The van der Waals surface area contributed by atoms with Crippen LogP contribution in [0.25, 0.3) is 22.0 Å². The lowest BCUT2D eigenvalue weighted by atomic mass is 9.95. The maximum absolute atomic E-state index is 13.7. The molecule has 166 valence electrons. The summed E-state index contributed by atoms with van der Waals surface area (Å²) in [6.45, 7) is 0. The van der Waals surface area contributed by atoms with Gasteiger partial charge >= 0.3 is 6.18 Å². The van der Waals surface area contributed by atoms with Gasteiger partial charge in [-0.3, -0.25) is 14.4 Å². The van der Waals surface area contributed by atoms with Crippen LogP contribution < -0.4 is 10.6 Å². The maximum atomic E-state index is 13.7. The van der Waals surface area contributed by atoms with Crippen molar-refractivity contribution in [3.63, 3.8) is 0 Å². The minimum Gasteiger partial charge on any atom is -0.267 e. The van der Waals surface area contributed by atoms with Gasteiger partial charge in [0.05, 0.1) is 22.4 Å². The Morgan fingerprint density at radius 3 is 1.91 bits per heavy atom. The Morgan fingerprint density at radius 2 is 1.38 bits per heavy atom. The van der Waals surface area contributed by atoms with Crippen LogP contribution in [0.3, 0.4) is 0 Å². The Bertz CT molecular complexity index is 1570. The fourth-order valence-electron chi connectivity index (χ4n) is 4.14. The van der Waals surface area contributed by atoms with Crippen molar-refractivity contribution in [2.45, 2.75) is 6.18 Å². The van der Waals surface area contributed by atoms with Gasteiger partial charge in [-0.1, -0.05) is 54.6 Å². The second-order valence-electron chi connectivity index (χ2n) is 7.54. The van der Waals surface area contributed by atoms with E-state index in [0.717, 1.165) is 0 Å². The van der Waals surface area contributed by atoms with Gasteiger partial charge in [0.15, 0.2) is 0 Å². The molecule has 34 heavy (non-hydrogen) atoms. The van der Waals surface area contributed by atoms with E-state index < -0.39 is 34.7 Å². The second-order valence-corrected chi connectivity index (χ2v) is 7.54. The zero-order valence-corrected chi connectivity index (χ0v) is 17.1. The van der Waals surface area contributed by atoms with E-state index in [0.29, 0.717) is 26.5 Å². The van der Waals surface area contributed by atoms with Crippen LogP contribution in [-0.4, -0.2) is 16.5 Å². The third-order valence-corrected chi connectivity index (χ3v) is 5.62. The number of imide groups is 1. The van der Waals surface area contributed by atoms with E-state index >= 15 is 0 Å². The van der Waals surface area contributed by atoms with Gasteiger partial charge in [-0.05, 0) is 23.6 Å². The molecule has 9 heteroatoms. The van der Waals surface area contributed by atoms with Crippen LogP contribution in [-0.2, 0) is 6.18 Å². The van der Waals surface area contributed by atoms with E-state index in [2.05, 4.69) is 0 Å². The minimum atomic E-state index is -5.01. The molecule has 0 aliphatic carbocycles. The highest BCUT2D eigenvalue weighted by atomic mass is 19.4. The Morgan fingerprint density at radius 1 is 0.794 bits per heavy atom. The average Bonchev–Trinajstić information content (AvgIpc) is 2.83. The normalized spacial score (nSPS) is 13.3. The van der Waals surface area contributed by atoms with Crippen LogP contribution >= 0.6 is 0 Å². The molecule has 0 saturated heterocycles. The molecule has 3 aromatic carbocycles. The predicted molar refractivity (Wildman–Crippen MR) is 117 cm³/mol. The number of carbonyl (C=O) groups excluding carboxylic acids is 2. The van der Waals surface area contributed by atoms with Gasteiger partial charge in [-0.25, -0.2) is 4.68 Å². The number of aromatic nitrogens is 1. The highest BCUT2D eigenvalue weighted by molar-refractivity contribution is 6.32. The monoisotopic (exact) mass is 459 g/mol. The molecule has 1 aliphatic heterocycles. The van der Waals surface area contributed by atoms with Crippen molar-refractivity contribution >= 4 is 22.6 Å². The van der Waals surface area contributed by atoms with Gasteiger partial charge < -0.3 is 0 Å². The summed E-state index contributed by atoms with van der Waals surface area (Å²) >= 11 is 0. The highest BCUT2D eigenvalue weighted by Gasteiger charge is 2.40. The first-order chi connectivity index (χ1) is 16.2. The van der Waals surface area contributed by atoms with Crippen molar-refractivity contribution in [3.05, 3.63) is 105 Å². The summed E-state index contributed by atoms with van der Waals surface area (Å²) in [5.41, 5.74) is -4.09. The van der Waals surface area contributed by atoms with Gasteiger partial charge in [0.25, 0.3) is 17.4 Å². The van der Waals surface area contributed by atoms with Crippen LogP contribution in [0.1, 0.15) is 31.8 Å². The third kappa shape index (κ3) is 3.00. The molecular formula is C25H12F3N3O3. The molecular weight excluding hydrogens is 447 g/mol. The van der Waals surface area contributed by atoms with E-state index in [4.69, 9.17) is 0 Å². The molecule has 1 aromatic heterocycles. The molecule has 2 heterocycles. The molecule has 0 spiro atoms. The van der Waals surface area contributed by atoms with E-state index in [9.17, 15) is 32.8 Å². The lowest BCUT2D eigenvalue weighted by Gasteiger charge is -2.30. The molecule has 2 amide bonds. The third-order valence-electron chi connectivity index (χ3n) is 5.62. The summed E-state index contributed by atoms with van der Waals surface area (Å²) in [6, 6.07) is 19.0. The maximum Gasteiger partial charge on any atom is 0.417 e. The fraction of sp³-hybridized carbons (Fsp3) is 0.0400. The Hall–Kier alpha value is -4.71. The number of pyridine rings is 1. The van der Waals surface area contributed by atoms with E-state index in [1.54, 1.807) is 30.3 Å². The van der Waals surface area contributed by atoms with Crippen molar-refractivity contribution in [1.29, 1.82) is 5.26 Å². The lowest BCUT2D eigenvalue weighted by molar-refractivity contribution is -0.137. The number of benzene rings is 3. The van der Waals surface area contributed by atoms with E-state index in [-0.39, 0.29) is 22.4 Å². The molecule has 0 N–H and O–H groups in total. The largest absolute Gasteiger partial charge is 0.417 e. The number of nitriles is 1. The van der Waals surface area contributed by atoms with Gasteiger partial charge in [-0.15, -0.1) is 0 Å². The number of hydrogen-bond donors (Lipinski definition) is 0. The highest BCUT2D eigenvalue weighted by Crippen LogP contribution is 2.35. The van der Waals surface area contributed by atoms with Crippen LogP contribution in [0.5, 0.6) is 0 Å². The van der Waals surface area contributed by atoms with E-state index in [1.807, 2.05) is 0 Å². The number of hydrogen-bond acceptors (Lipinski definition) is 4. The SMILES string of the molecule is N#Cc1c(C(F)(F)F)cc(-c2ccccc2)n(N2C(=O)c3cccc4cccc(c34)C2=O)c1=O. The summed E-state index contributed by atoms with van der Waals surface area (Å²) in [4.78, 5) is 40.2. The lowest BCUT2D eigenvalue weighted by Crippen LogP contribution is -2.53. The molecule has 0 bridgehead atoms. The summed E-state index contributed by atoms with van der Waals surface area (Å²) in [5.74, 6) is -1.78. The summed E-state index contributed by atoms with van der Waals surface area (Å²) in [6.07, 6.45) is -5.01. The summed E-state index contributed by atoms with van der Waals surface area (Å²) < 4.78 is 41.8. The average molecular weight is 459 g/mol. The molecule has 5 rings (SSSR count). The van der Waals surface area contributed by atoms with Crippen molar-refractivity contribution in [1.82, 2.24) is 4.68 Å². The zero-order chi connectivity index (χ0) is 24.2. The zero-order valence-electron chi connectivity index (χ0n) is 17.1. The molecule has 6 nitrogen and oxygen atoms in total. The number of alkyl halides is 3. The van der Waals surface area contributed by atoms with E-state index in [1.165, 1.54) is 42.5 Å². The molecule has 0 radical (unpaired) electrons. The Kier molecular flexibility index (Phi) is 4.62. The quantitative estimate of drug-likeness (QED) is 0.414. The van der Waals surface area contributed by atoms with Gasteiger partial charge in [0.2, 0.25) is 0 Å². The first-order valence-corrected chi connectivity index (χ1v) is 9.97. The van der Waals surface area contributed by atoms with Crippen LogP contribution in [0.15, 0.2) is 77.6 Å². The smallest absolute Gasteiger partial charge is 0.267 e. The first kappa shape index (κ1) is 21.2. The van der Waals surface area contributed by atoms with Crippen molar-refractivity contribution < 1.29 is 22.8 Å².